The SMILES string of the molecule is CC1(c2nc(-c3ccccc3)c(-c3ccccc3)o2)CCN(P)CC1. The third-order valence-electron chi connectivity index (χ3n) is 5.13. The van der Waals surface area contributed by atoms with Crippen molar-refractivity contribution in [3.63, 3.8) is 0 Å². The zero-order valence-corrected chi connectivity index (χ0v) is 15.6. The van der Waals surface area contributed by atoms with Gasteiger partial charge in [-0.15, -0.1) is 0 Å². The van der Waals surface area contributed by atoms with Crippen molar-refractivity contribution in [2.75, 3.05) is 13.1 Å². The summed E-state index contributed by atoms with van der Waals surface area (Å²) in [5, 5.41) is 0. The molecule has 1 unspecified atom stereocenters. The summed E-state index contributed by atoms with van der Waals surface area (Å²) in [6.45, 7) is 4.37. The van der Waals surface area contributed by atoms with Crippen LogP contribution in [-0.4, -0.2) is 22.7 Å². The van der Waals surface area contributed by atoms with E-state index in [9.17, 15) is 0 Å². The molecule has 25 heavy (non-hydrogen) atoms. The van der Waals surface area contributed by atoms with Crippen LogP contribution in [0.2, 0.25) is 0 Å². The Hall–Kier alpha value is -1.96. The Balaban J connectivity index is 1.82. The standard InChI is InChI=1S/C21H23N2OP/c1-21(12-14-23(25)15-13-21)20-22-18(16-8-4-2-5-9-16)19(24-20)17-10-6-3-7-11-17/h2-11H,12-15,25H2,1H3. The minimum Gasteiger partial charge on any atom is -0.439 e. The van der Waals surface area contributed by atoms with E-state index >= 15 is 0 Å². The van der Waals surface area contributed by atoms with Crippen molar-refractivity contribution < 1.29 is 4.42 Å². The highest BCUT2D eigenvalue weighted by molar-refractivity contribution is 7.13. The van der Waals surface area contributed by atoms with E-state index in [1.165, 1.54) is 0 Å². The molecule has 3 aromatic rings. The summed E-state index contributed by atoms with van der Waals surface area (Å²) in [6.07, 6.45) is 2.11. The molecule has 0 bridgehead atoms. The predicted octanol–water partition coefficient (Wildman–Crippen LogP) is 5.15. The number of hydrogen-bond acceptors (Lipinski definition) is 3. The zero-order valence-electron chi connectivity index (χ0n) is 14.5. The molecule has 4 rings (SSSR count). The van der Waals surface area contributed by atoms with Gasteiger partial charge in [-0.25, -0.2) is 4.98 Å². The lowest BCUT2D eigenvalue weighted by Crippen LogP contribution is -2.36. The summed E-state index contributed by atoms with van der Waals surface area (Å²) in [6, 6.07) is 20.6. The Morgan fingerprint density at radius 1 is 0.920 bits per heavy atom. The van der Waals surface area contributed by atoms with Gasteiger partial charge in [0.25, 0.3) is 0 Å². The second-order valence-corrected chi connectivity index (χ2v) is 7.76. The van der Waals surface area contributed by atoms with Crippen LogP contribution in [0.1, 0.15) is 25.7 Å². The van der Waals surface area contributed by atoms with Crippen molar-refractivity contribution >= 4 is 9.39 Å². The minimum absolute atomic E-state index is 0.0103. The molecule has 2 heterocycles. The van der Waals surface area contributed by atoms with E-state index in [0.29, 0.717) is 0 Å². The molecule has 1 aliphatic heterocycles. The number of oxazole rings is 1. The van der Waals surface area contributed by atoms with Crippen molar-refractivity contribution in [2.24, 2.45) is 0 Å². The Labute approximate surface area is 151 Å². The molecule has 0 saturated carbocycles. The lowest BCUT2D eigenvalue weighted by Gasteiger charge is -2.35. The van der Waals surface area contributed by atoms with Crippen LogP contribution in [0.25, 0.3) is 22.6 Å². The second-order valence-electron chi connectivity index (χ2n) is 7.03. The Morgan fingerprint density at radius 2 is 1.48 bits per heavy atom. The van der Waals surface area contributed by atoms with Crippen LogP contribution in [-0.2, 0) is 5.41 Å². The average molecular weight is 350 g/mol. The van der Waals surface area contributed by atoms with Gasteiger partial charge in [0.05, 0.1) is 0 Å². The van der Waals surface area contributed by atoms with Crippen molar-refractivity contribution in [2.45, 2.75) is 25.2 Å². The van der Waals surface area contributed by atoms with Crippen molar-refractivity contribution in [3.8, 4) is 22.6 Å². The van der Waals surface area contributed by atoms with Gasteiger partial charge in [-0.2, -0.15) is 0 Å². The van der Waals surface area contributed by atoms with Crippen molar-refractivity contribution in [1.29, 1.82) is 0 Å². The molecule has 0 N–H and O–H groups in total. The van der Waals surface area contributed by atoms with E-state index in [1.807, 2.05) is 36.4 Å². The van der Waals surface area contributed by atoms with Crippen LogP contribution >= 0.6 is 9.39 Å². The maximum atomic E-state index is 6.40. The van der Waals surface area contributed by atoms with Crippen LogP contribution in [0, 0.1) is 0 Å². The predicted molar refractivity (Wildman–Crippen MR) is 105 cm³/mol. The minimum atomic E-state index is -0.0103. The lowest BCUT2D eigenvalue weighted by molar-refractivity contribution is 0.222. The highest BCUT2D eigenvalue weighted by atomic mass is 31.0. The fourth-order valence-electron chi connectivity index (χ4n) is 3.39. The highest BCUT2D eigenvalue weighted by Crippen LogP contribution is 2.40. The van der Waals surface area contributed by atoms with Gasteiger partial charge in [0.2, 0.25) is 5.89 Å². The molecule has 3 nitrogen and oxygen atoms in total. The second kappa shape index (κ2) is 6.74. The van der Waals surface area contributed by atoms with Gasteiger partial charge >= 0.3 is 0 Å². The first kappa shape index (κ1) is 16.5. The first-order chi connectivity index (χ1) is 12.2. The first-order valence-electron chi connectivity index (χ1n) is 8.77. The monoisotopic (exact) mass is 350 g/mol. The van der Waals surface area contributed by atoms with Gasteiger partial charge in [-0.05, 0) is 12.8 Å². The van der Waals surface area contributed by atoms with Crippen LogP contribution in [0.15, 0.2) is 65.1 Å². The lowest BCUT2D eigenvalue weighted by atomic mass is 9.81. The van der Waals surface area contributed by atoms with Crippen molar-refractivity contribution in [3.05, 3.63) is 66.6 Å². The van der Waals surface area contributed by atoms with Gasteiger partial charge in [-0.3, -0.25) is 4.67 Å². The van der Waals surface area contributed by atoms with Gasteiger partial charge in [0.15, 0.2) is 5.76 Å². The maximum absolute atomic E-state index is 6.40. The topological polar surface area (TPSA) is 29.3 Å². The number of hydrogen-bond donors (Lipinski definition) is 0. The third-order valence-corrected chi connectivity index (χ3v) is 5.64. The van der Waals surface area contributed by atoms with Crippen molar-refractivity contribution in [1.82, 2.24) is 9.65 Å². The molecule has 2 aromatic carbocycles. The van der Waals surface area contributed by atoms with E-state index in [4.69, 9.17) is 9.40 Å². The van der Waals surface area contributed by atoms with Crippen LogP contribution in [0.3, 0.4) is 0 Å². The van der Waals surface area contributed by atoms with Crippen LogP contribution in [0.4, 0.5) is 0 Å². The van der Waals surface area contributed by atoms with Gasteiger partial charge in [0, 0.05) is 29.6 Å². The molecule has 0 amide bonds. The number of aromatic nitrogens is 1. The molecular formula is C21H23N2OP. The number of piperidine rings is 1. The molecule has 0 aliphatic carbocycles. The summed E-state index contributed by atoms with van der Waals surface area (Å²) in [4.78, 5) is 4.99. The average Bonchev–Trinajstić information content (AvgIpc) is 3.12. The summed E-state index contributed by atoms with van der Waals surface area (Å²) in [5.74, 6) is 1.74. The number of rotatable bonds is 3. The van der Waals surface area contributed by atoms with Gasteiger partial charge < -0.3 is 4.42 Å². The van der Waals surface area contributed by atoms with Gasteiger partial charge in [-0.1, -0.05) is 77.0 Å². The first-order valence-corrected chi connectivity index (χ1v) is 9.29. The van der Waals surface area contributed by atoms with Crippen LogP contribution < -0.4 is 0 Å². The van der Waals surface area contributed by atoms with Crippen LogP contribution in [0.5, 0.6) is 0 Å². The molecule has 1 fully saturated rings. The quantitative estimate of drug-likeness (QED) is 0.612. The number of benzene rings is 2. The smallest absolute Gasteiger partial charge is 0.201 e. The molecule has 1 atom stereocenters. The Bertz CT molecular complexity index is 780. The van der Waals surface area contributed by atoms with E-state index in [2.05, 4.69) is 45.3 Å². The Kier molecular flexibility index (Phi) is 4.45. The summed E-state index contributed by atoms with van der Waals surface area (Å²) in [7, 11) is 2.81. The fraction of sp³-hybridized carbons (Fsp3) is 0.286. The molecule has 1 aromatic heterocycles. The summed E-state index contributed by atoms with van der Waals surface area (Å²) >= 11 is 0. The van der Waals surface area contributed by atoms with E-state index in [0.717, 1.165) is 54.4 Å². The molecule has 4 heteroatoms. The third kappa shape index (κ3) is 3.27. The van der Waals surface area contributed by atoms with E-state index < -0.39 is 0 Å². The molecular weight excluding hydrogens is 327 g/mol. The highest BCUT2D eigenvalue weighted by Gasteiger charge is 2.36. The Morgan fingerprint density at radius 3 is 2.08 bits per heavy atom. The summed E-state index contributed by atoms with van der Waals surface area (Å²) < 4.78 is 8.69. The zero-order chi connectivity index (χ0) is 17.3. The normalized spacial score (nSPS) is 17.5. The summed E-state index contributed by atoms with van der Waals surface area (Å²) in [5.41, 5.74) is 3.11. The van der Waals surface area contributed by atoms with Gasteiger partial charge in [0.1, 0.15) is 5.69 Å². The maximum Gasteiger partial charge on any atom is 0.201 e. The largest absolute Gasteiger partial charge is 0.439 e. The molecule has 0 spiro atoms. The molecule has 1 saturated heterocycles. The molecule has 1 aliphatic rings. The fourth-order valence-corrected chi connectivity index (χ4v) is 3.64. The molecule has 128 valence electrons. The molecule has 0 radical (unpaired) electrons. The van der Waals surface area contributed by atoms with E-state index in [1.54, 1.807) is 0 Å². The van der Waals surface area contributed by atoms with E-state index in [-0.39, 0.29) is 5.41 Å². The number of nitrogens with zero attached hydrogens (tertiary/aromatic N) is 2.